The predicted molar refractivity (Wildman–Crippen MR) is 56.1 cm³/mol. The van der Waals surface area contributed by atoms with Crippen LogP contribution in [0.5, 0.6) is 0 Å². The van der Waals surface area contributed by atoms with Gasteiger partial charge in [0, 0.05) is 29.7 Å². The Bertz CT molecular complexity index is 355. The van der Waals surface area contributed by atoms with E-state index < -0.39 is 0 Å². The number of nitrogens with zero attached hydrogens (tertiary/aromatic N) is 1. The first kappa shape index (κ1) is 9.43. The summed E-state index contributed by atoms with van der Waals surface area (Å²) < 4.78 is 5.02. The minimum Gasteiger partial charge on any atom is -0.472 e. The van der Waals surface area contributed by atoms with Gasteiger partial charge in [0.25, 0.3) is 0 Å². The average Bonchev–Trinajstić information content (AvgIpc) is 2.87. The molecule has 0 fully saturated rings. The number of thiazole rings is 1. The van der Waals surface area contributed by atoms with Crippen LogP contribution in [0, 0.1) is 0 Å². The van der Waals surface area contributed by atoms with Gasteiger partial charge in [-0.3, -0.25) is 0 Å². The second-order valence-corrected chi connectivity index (χ2v) is 4.06. The first-order valence-corrected chi connectivity index (χ1v) is 5.38. The van der Waals surface area contributed by atoms with E-state index in [2.05, 4.69) is 17.2 Å². The van der Waals surface area contributed by atoms with E-state index in [9.17, 15) is 0 Å². The van der Waals surface area contributed by atoms with Crippen LogP contribution in [0.4, 0.5) is 0 Å². The Kier molecular flexibility index (Phi) is 2.96. The molecule has 3 nitrogen and oxygen atoms in total. The van der Waals surface area contributed by atoms with Crippen molar-refractivity contribution in [2.45, 2.75) is 19.5 Å². The molecule has 0 aliphatic heterocycles. The Morgan fingerprint density at radius 2 is 2.57 bits per heavy atom. The van der Waals surface area contributed by atoms with E-state index in [4.69, 9.17) is 4.42 Å². The number of hydrogen-bond donors (Lipinski definition) is 1. The molecular weight excluding hydrogens is 196 g/mol. The van der Waals surface area contributed by atoms with E-state index in [-0.39, 0.29) is 0 Å². The summed E-state index contributed by atoms with van der Waals surface area (Å²) in [5, 5.41) is 6.47. The van der Waals surface area contributed by atoms with Gasteiger partial charge in [-0.15, -0.1) is 11.3 Å². The average molecular weight is 208 g/mol. The van der Waals surface area contributed by atoms with Crippen molar-refractivity contribution < 1.29 is 4.42 Å². The van der Waals surface area contributed by atoms with Crippen LogP contribution in [0.1, 0.15) is 23.5 Å². The van der Waals surface area contributed by atoms with Crippen LogP contribution in [-0.4, -0.2) is 4.98 Å². The third kappa shape index (κ3) is 2.21. The first-order chi connectivity index (χ1) is 6.86. The van der Waals surface area contributed by atoms with Crippen molar-refractivity contribution in [2.24, 2.45) is 0 Å². The molecule has 0 aliphatic carbocycles. The zero-order chi connectivity index (χ0) is 9.80. The molecule has 0 spiro atoms. The maximum atomic E-state index is 5.02. The fraction of sp³-hybridized carbons (Fsp3) is 0.300. The van der Waals surface area contributed by atoms with Crippen molar-refractivity contribution >= 4 is 11.3 Å². The lowest BCUT2D eigenvalue weighted by molar-refractivity contribution is 0.538. The minimum atomic E-state index is 0.303. The molecule has 0 radical (unpaired) electrons. The lowest BCUT2D eigenvalue weighted by Crippen LogP contribution is -2.17. The van der Waals surface area contributed by atoms with Crippen molar-refractivity contribution in [3.8, 4) is 0 Å². The second kappa shape index (κ2) is 4.39. The van der Waals surface area contributed by atoms with Crippen molar-refractivity contribution in [3.05, 3.63) is 40.7 Å². The van der Waals surface area contributed by atoms with Crippen LogP contribution in [0.3, 0.4) is 0 Å². The summed E-state index contributed by atoms with van der Waals surface area (Å²) >= 11 is 1.67. The zero-order valence-corrected chi connectivity index (χ0v) is 8.75. The van der Waals surface area contributed by atoms with Gasteiger partial charge in [0.15, 0.2) is 0 Å². The van der Waals surface area contributed by atoms with E-state index in [1.165, 1.54) is 5.56 Å². The van der Waals surface area contributed by atoms with E-state index in [1.54, 1.807) is 23.9 Å². The van der Waals surface area contributed by atoms with Crippen LogP contribution >= 0.6 is 11.3 Å². The van der Waals surface area contributed by atoms with Gasteiger partial charge < -0.3 is 9.73 Å². The number of aromatic nitrogens is 1. The summed E-state index contributed by atoms with van der Waals surface area (Å²) in [6, 6.07) is 2.28. The van der Waals surface area contributed by atoms with Crippen LogP contribution in [0.15, 0.2) is 34.6 Å². The number of nitrogens with one attached hydrogen (secondary N) is 1. The molecule has 0 saturated heterocycles. The highest BCUT2D eigenvalue weighted by molar-refractivity contribution is 7.09. The van der Waals surface area contributed by atoms with E-state index >= 15 is 0 Å². The Morgan fingerprint density at radius 1 is 1.64 bits per heavy atom. The lowest BCUT2D eigenvalue weighted by Gasteiger charge is -2.09. The summed E-state index contributed by atoms with van der Waals surface area (Å²) in [6.07, 6.45) is 5.28. The Morgan fingerprint density at radius 3 is 3.21 bits per heavy atom. The van der Waals surface area contributed by atoms with Gasteiger partial charge >= 0.3 is 0 Å². The van der Waals surface area contributed by atoms with Gasteiger partial charge in [0.1, 0.15) is 5.01 Å². The molecule has 2 aromatic rings. The largest absolute Gasteiger partial charge is 0.472 e. The van der Waals surface area contributed by atoms with Crippen LogP contribution in [0.25, 0.3) is 0 Å². The van der Waals surface area contributed by atoms with Gasteiger partial charge in [-0.2, -0.15) is 0 Å². The normalized spacial score (nSPS) is 12.9. The molecule has 2 rings (SSSR count). The SMILES string of the molecule is CC(NCc1nccs1)c1ccoc1. The monoisotopic (exact) mass is 208 g/mol. The lowest BCUT2D eigenvalue weighted by atomic mass is 10.2. The second-order valence-electron chi connectivity index (χ2n) is 3.09. The smallest absolute Gasteiger partial charge is 0.106 e. The Labute approximate surface area is 86.8 Å². The van der Waals surface area contributed by atoms with E-state index in [0.29, 0.717) is 6.04 Å². The number of hydrogen-bond acceptors (Lipinski definition) is 4. The van der Waals surface area contributed by atoms with Crippen LogP contribution < -0.4 is 5.32 Å². The van der Waals surface area contributed by atoms with Crippen molar-refractivity contribution in [3.63, 3.8) is 0 Å². The van der Waals surface area contributed by atoms with Gasteiger partial charge in [0.2, 0.25) is 0 Å². The highest BCUT2D eigenvalue weighted by Gasteiger charge is 2.06. The number of rotatable bonds is 4. The molecule has 2 aromatic heterocycles. The molecular formula is C10H12N2OS. The van der Waals surface area contributed by atoms with Gasteiger partial charge in [-0.1, -0.05) is 0 Å². The first-order valence-electron chi connectivity index (χ1n) is 4.50. The summed E-state index contributed by atoms with van der Waals surface area (Å²) in [6.45, 7) is 2.92. The molecule has 74 valence electrons. The molecule has 2 heterocycles. The van der Waals surface area contributed by atoms with E-state index in [1.807, 2.05) is 17.6 Å². The predicted octanol–water partition coefficient (Wildman–Crippen LogP) is 2.59. The highest BCUT2D eigenvalue weighted by Crippen LogP contribution is 2.13. The summed E-state index contributed by atoms with van der Waals surface area (Å²) in [4.78, 5) is 4.20. The highest BCUT2D eigenvalue weighted by atomic mass is 32.1. The third-order valence-electron chi connectivity index (χ3n) is 2.09. The van der Waals surface area contributed by atoms with E-state index in [0.717, 1.165) is 11.6 Å². The summed E-state index contributed by atoms with van der Waals surface area (Å²) in [7, 11) is 0. The molecule has 14 heavy (non-hydrogen) atoms. The third-order valence-corrected chi connectivity index (χ3v) is 2.87. The minimum absolute atomic E-state index is 0.303. The molecule has 1 N–H and O–H groups in total. The van der Waals surface area contributed by atoms with Crippen molar-refractivity contribution in [1.82, 2.24) is 10.3 Å². The quantitative estimate of drug-likeness (QED) is 0.839. The van der Waals surface area contributed by atoms with Crippen LogP contribution in [-0.2, 0) is 6.54 Å². The van der Waals surface area contributed by atoms with Crippen LogP contribution in [0.2, 0.25) is 0 Å². The number of furan rings is 1. The summed E-state index contributed by atoms with van der Waals surface area (Å²) in [5.74, 6) is 0. The summed E-state index contributed by atoms with van der Waals surface area (Å²) in [5.41, 5.74) is 1.17. The standard InChI is InChI=1S/C10H12N2OS/c1-8(9-2-4-13-7-9)12-6-10-11-3-5-14-10/h2-5,7-8,12H,6H2,1H3. The molecule has 1 unspecified atom stereocenters. The van der Waals surface area contributed by atoms with Gasteiger partial charge in [-0.25, -0.2) is 4.98 Å². The maximum absolute atomic E-state index is 5.02. The fourth-order valence-corrected chi connectivity index (χ4v) is 1.79. The van der Waals surface area contributed by atoms with Gasteiger partial charge in [0.05, 0.1) is 12.5 Å². The van der Waals surface area contributed by atoms with Crippen molar-refractivity contribution in [2.75, 3.05) is 0 Å². The molecule has 0 saturated carbocycles. The molecule has 0 aromatic carbocycles. The maximum Gasteiger partial charge on any atom is 0.106 e. The van der Waals surface area contributed by atoms with Crippen molar-refractivity contribution in [1.29, 1.82) is 0 Å². The molecule has 0 bridgehead atoms. The van der Waals surface area contributed by atoms with Gasteiger partial charge in [-0.05, 0) is 13.0 Å². The zero-order valence-electron chi connectivity index (χ0n) is 7.93. The Hall–Kier alpha value is -1.13. The fourth-order valence-electron chi connectivity index (χ4n) is 1.22. The topological polar surface area (TPSA) is 38.1 Å². The molecule has 0 aliphatic rings. The molecule has 0 amide bonds. The molecule has 4 heteroatoms. The molecule has 1 atom stereocenters. The Balaban J connectivity index is 1.87.